The van der Waals surface area contributed by atoms with Crippen LogP contribution in [-0.2, 0) is 16.1 Å². The number of hydrogen-bond acceptors (Lipinski definition) is 3. The van der Waals surface area contributed by atoms with Gasteiger partial charge in [-0.2, -0.15) is 0 Å². The summed E-state index contributed by atoms with van der Waals surface area (Å²) >= 11 is 0. The largest absolute Gasteiger partial charge is 0.477 e. The Morgan fingerprint density at radius 3 is 2.57 bits per heavy atom. The summed E-state index contributed by atoms with van der Waals surface area (Å²) in [7, 11) is 0. The summed E-state index contributed by atoms with van der Waals surface area (Å²) in [6, 6.07) is 3.20. The number of hydrogen-bond donors (Lipinski definition) is 2. The first-order valence-corrected chi connectivity index (χ1v) is 6.90. The highest BCUT2D eigenvalue weighted by Gasteiger charge is 2.23. The molecule has 2 heterocycles. The molecule has 0 unspecified atom stereocenters. The average molecular weight is 293 g/mol. The number of aromatic nitrogens is 1. The average Bonchev–Trinajstić information content (AvgIpc) is 2.87. The first-order valence-electron chi connectivity index (χ1n) is 6.90. The van der Waals surface area contributed by atoms with Gasteiger partial charge in [0.05, 0.1) is 0 Å². The van der Waals surface area contributed by atoms with E-state index >= 15 is 0 Å². The van der Waals surface area contributed by atoms with Gasteiger partial charge in [-0.1, -0.05) is 0 Å². The van der Waals surface area contributed by atoms with E-state index in [2.05, 4.69) is 5.32 Å². The van der Waals surface area contributed by atoms with E-state index in [0.29, 0.717) is 13.1 Å². The topological polar surface area (TPSA) is 91.6 Å². The Hall–Kier alpha value is -2.31. The van der Waals surface area contributed by atoms with Crippen LogP contribution in [0.25, 0.3) is 0 Å². The van der Waals surface area contributed by atoms with Crippen LogP contribution in [-0.4, -0.2) is 51.5 Å². The molecule has 7 heteroatoms. The summed E-state index contributed by atoms with van der Waals surface area (Å²) < 4.78 is 1.44. The molecule has 1 fully saturated rings. The van der Waals surface area contributed by atoms with Gasteiger partial charge in [0.25, 0.3) is 0 Å². The lowest BCUT2D eigenvalue weighted by molar-refractivity contribution is -0.133. The van der Waals surface area contributed by atoms with E-state index in [9.17, 15) is 14.4 Å². The lowest BCUT2D eigenvalue weighted by atomic mass is 10.1. The Balaban J connectivity index is 1.89. The molecule has 7 nitrogen and oxygen atoms in total. The van der Waals surface area contributed by atoms with E-state index in [1.807, 2.05) is 0 Å². The lowest BCUT2D eigenvalue weighted by Gasteiger charge is -2.32. The molecule has 0 saturated carbocycles. The van der Waals surface area contributed by atoms with Crippen LogP contribution in [0.2, 0.25) is 0 Å². The third kappa shape index (κ3) is 3.84. The minimum absolute atomic E-state index is 0.0272. The summed E-state index contributed by atoms with van der Waals surface area (Å²) in [6.07, 6.45) is 3.04. The summed E-state index contributed by atoms with van der Waals surface area (Å²) in [5, 5.41) is 11.9. The van der Waals surface area contributed by atoms with E-state index in [0.717, 1.165) is 12.8 Å². The summed E-state index contributed by atoms with van der Waals surface area (Å²) in [4.78, 5) is 35.9. The number of carbonyl (C=O) groups excluding carboxylic acids is 2. The summed E-state index contributed by atoms with van der Waals surface area (Å²) in [5.74, 6) is -1.20. The maximum Gasteiger partial charge on any atom is 0.352 e. The van der Waals surface area contributed by atoms with Gasteiger partial charge in [0, 0.05) is 32.3 Å². The Morgan fingerprint density at radius 2 is 2.00 bits per heavy atom. The minimum Gasteiger partial charge on any atom is -0.477 e. The Bertz CT molecular complexity index is 544. The Morgan fingerprint density at radius 1 is 1.33 bits per heavy atom. The van der Waals surface area contributed by atoms with Gasteiger partial charge in [0.1, 0.15) is 12.2 Å². The molecule has 0 bridgehead atoms. The fraction of sp³-hybridized carbons (Fsp3) is 0.500. The molecule has 0 aromatic carbocycles. The second-order valence-corrected chi connectivity index (χ2v) is 5.18. The number of carbonyl (C=O) groups is 3. The standard InChI is InChI=1S/C14H19N3O4/c1-10(18)15-11-4-7-16(8-5-11)13(19)9-17-6-2-3-12(17)14(20)21/h2-3,6,11H,4-5,7-9H2,1H3,(H,15,18)(H,20,21). The smallest absolute Gasteiger partial charge is 0.352 e. The lowest BCUT2D eigenvalue weighted by Crippen LogP contribution is -2.46. The van der Waals surface area contributed by atoms with Crippen molar-refractivity contribution in [2.24, 2.45) is 0 Å². The third-order valence-electron chi connectivity index (χ3n) is 3.61. The van der Waals surface area contributed by atoms with Crippen LogP contribution in [0, 0.1) is 0 Å². The van der Waals surface area contributed by atoms with Gasteiger partial charge in [-0.3, -0.25) is 9.59 Å². The van der Waals surface area contributed by atoms with Gasteiger partial charge >= 0.3 is 5.97 Å². The van der Waals surface area contributed by atoms with Crippen molar-refractivity contribution in [3.8, 4) is 0 Å². The summed E-state index contributed by atoms with van der Waals surface area (Å²) in [6.45, 7) is 2.66. The molecule has 2 N–H and O–H groups in total. The van der Waals surface area contributed by atoms with Crippen molar-refractivity contribution in [3.05, 3.63) is 24.0 Å². The molecule has 0 spiro atoms. The van der Waals surface area contributed by atoms with Gasteiger partial charge in [-0.05, 0) is 25.0 Å². The van der Waals surface area contributed by atoms with E-state index < -0.39 is 5.97 Å². The predicted molar refractivity (Wildman–Crippen MR) is 74.8 cm³/mol. The maximum absolute atomic E-state index is 12.2. The number of amides is 2. The van der Waals surface area contributed by atoms with Crippen LogP contribution in [0.4, 0.5) is 0 Å². The van der Waals surface area contributed by atoms with Crippen molar-refractivity contribution in [2.75, 3.05) is 13.1 Å². The maximum atomic E-state index is 12.2. The minimum atomic E-state index is -1.04. The first kappa shape index (κ1) is 15.1. The SMILES string of the molecule is CC(=O)NC1CCN(C(=O)Cn2cccc2C(=O)O)CC1. The van der Waals surface area contributed by atoms with E-state index in [1.54, 1.807) is 17.2 Å². The van der Waals surface area contributed by atoms with Gasteiger partial charge in [0.2, 0.25) is 11.8 Å². The molecule has 1 aliphatic heterocycles. The van der Waals surface area contributed by atoms with Crippen LogP contribution in [0.5, 0.6) is 0 Å². The number of nitrogens with one attached hydrogen (secondary N) is 1. The number of rotatable bonds is 4. The van der Waals surface area contributed by atoms with Crippen molar-refractivity contribution in [3.63, 3.8) is 0 Å². The fourth-order valence-corrected chi connectivity index (χ4v) is 2.55. The van der Waals surface area contributed by atoms with Crippen LogP contribution < -0.4 is 5.32 Å². The number of carboxylic acids is 1. The molecule has 0 aliphatic carbocycles. The Labute approximate surface area is 122 Å². The van der Waals surface area contributed by atoms with Crippen LogP contribution in [0.1, 0.15) is 30.3 Å². The molecule has 2 amide bonds. The third-order valence-corrected chi connectivity index (χ3v) is 3.61. The fourth-order valence-electron chi connectivity index (χ4n) is 2.55. The molecular formula is C14H19N3O4. The number of aromatic carboxylic acids is 1. The molecule has 1 aliphatic rings. The zero-order valence-electron chi connectivity index (χ0n) is 11.9. The van der Waals surface area contributed by atoms with Crippen molar-refractivity contribution in [2.45, 2.75) is 32.4 Å². The highest BCUT2D eigenvalue weighted by molar-refractivity contribution is 5.87. The van der Waals surface area contributed by atoms with Gasteiger partial charge < -0.3 is 19.9 Å². The van der Waals surface area contributed by atoms with Crippen molar-refractivity contribution < 1.29 is 19.5 Å². The molecule has 2 rings (SSSR count). The molecule has 1 aromatic rings. The Kier molecular flexibility index (Phi) is 4.62. The number of likely N-dealkylation sites (tertiary alicyclic amines) is 1. The highest BCUT2D eigenvalue weighted by Crippen LogP contribution is 2.12. The second kappa shape index (κ2) is 6.43. The van der Waals surface area contributed by atoms with Crippen LogP contribution in [0.3, 0.4) is 0 Å². The van der Waals surface area contributed by atoms with E-state index in [4.69, 9.17) is 5.11 Å². The molecule has 21 heavy (non-hydrogen) atoms. The number of carboxylic acid groups (broad SMARTS) is 1. The normalized spacial score (nSPS) is 15.8. The zero-order valence-corrected chi connectivity index (χ0v) is 11.9. The molecule has 0 radical (unpaired) electrons. The number of nitrogens with zero attached hydrogens (tertiary/aromatic N) is 2. The first-order chi connectivity index (χ1) is 9.97. The van der Waals surface area contributed by atoms with Crippen LogP contribution >= 0.6 is 0 Å². The zero-order chi connectivity index (χ0) is 15.4. The van der Waals surface area contributed by atoms with Crippen LogP contribution in [0.15, 0.2) is 18.3 Å². The van der Waals surface area contributed by atoms with Gasteiger partial charge in [-0.25, -0.2) is 4.79 Å². The molecule has 1 saturated heterocycles. The molecular weight excluding hydrogens is 274 g/mol. The van der Waals surface area contributed by atoms with E-state index in [1.165, 1.54) is 17.6 Å². The molecule has 1 aromatic heterocycles. The highest BCUT2D eigenvalue weighted by atomic mass is 16.4. The van der Waals surface area contributed by atoms with Crippen molar-refractivity contribution >= 4 is 17.8 Å². The van der Waals surface area contributed by atoms with Crippen molar-refractivity contribution in [1.82, 2.24) is 14.8 Å². The predicted octanol–water partition coefficient (Wildman–Crippen LogP) is 0.313. The monoisotopic (exact) mass is 293 g/mol. The van der Waals surface area contributed by atoms with Gasteiger partial charge in [-0.15, -0.1) is 0 Å². The second-order valence-electron chi connectivity index (χ2n) is 5.18. The number of piperidine rings is 1. The summed E-state index contributed by atoms with van der Waals surface area (Å²) in [5.41, 5.74) is 0.108. The van der Waals surface area contributed by atoms with E-state index in [-0.39, 0.29) is 30.1 Å². The molecule has 0 atom stereocenters. The van der Waals surface area contributed by atoms with Crippen molar-refractivity contribution in [1.29, 1.82) is 0 Å². The quantitative estimate of drug-likeness (QED) is 0.836. The molecule has 114 valence electrons. The van der Waals surface area contributed by atoms with Gasteiger partial charge in [0.15, 0.2) is 0 Å².